The molecule has 0 saturated heterocycles. The van der Waals surface area contributed by atoms with Crippen LogP contribution in [0.3, 0.4) is 0 Å². The van der Waals surface area contributed by atoms with Crippen molar-refractivity contribution in [2.45, 2.75) is 77.7 Å². The maximum Gasteiger partial charge on any atom is 0.256 e. The molecule has 1 aliphatic carbocycles. The van der Waals surface area contributed by atoms with E-state index in [1.54, 1.807) is 10.7 Å². The zero-order valence-electron chi connectivity index (χ0n) is 14.8. The van der Waals surface area contributed by atoms with Crippen molar-refractivity contribution in [2.24, 2.45) is 0 Å². The SMILES string of the molecule is Cc1cc(C)n2ncc(C(=O)NC3CCCCCCCCC3)c2n1. The van der Waals surface area contributed by atoms with Crippen LogP contribution in [-0.4, -0.2) is 26.5 Å². The Kier molecular flexibility index (Phi) is 5.48. The third-order valence-electron chi connectivity index (χ3n) is 4.96. The molecular formula is C19H28N4O. The Bertz CT molecular complexity index is 697. The van der Waals surface area contributed by atoms with Crippen LogP contribution >= 0.6 is 0 Å². The average molecular weight is 328 g/mol. The maximum atomic E-state index is 12.8. The fourth-order valence-corrected chi connectivity index (χ4v) is 3.65. The predicted molar refractivity (Wildman–Crippen MR) is 95.3 cm³/mol. The van der Waals surface area contributed by atoms with Gasteiger partial charge in [0.1, 0.15) is 5.56 Å². The summed E-state index contributed by atoms with van der Waals surface area (Å²) in [6, 6.07) is 2.25. The Labute approximate surface area is 143 Å². The van der Waals surface area contributed by atoms with E-state index in [0.29, 0.717) is 11.2 Å². The van der Waals surface area contributed by atoms with Gasteiger partial charge in [-0.05, 0) is 32.8 Å². The third-order valence-corrected chi connectivity index (χ3v) is 4.96. The molecule has 1 saturated carbocycles. The lowest BCUT2D eigenvalue weighted by molar-refractivity contribution is 0.0932. The number of nitrogens with one attached hydrogen (secondary N) is 1. The summed E-state index contributed by atoms with van der Waals surface area (Å²) in [5.41, 5.74) is 3.15. The summed E-state index contributed by atoms with van der Waals surface area (Å²) in [4.78, 5) is 17.3. The summed E-state index contributed by atoms with van der Waals surface area (Å²) in [7, 11) is 0. The molecule has 0 bridgehead atoms. The fourth-order valence-electron chi connectivity index (χ4n) is 3.65. The molecule has 5 heteroatoms. The van der Waals surface area contributed by atoms with Crippen molar-refractivity contribution in [2.75, 3.05) is 0 Å². The van der Waals surface area contributed by atoms with Crippen molar-refractivity contribution >= 4 is 11.6 Å². The van der Waals surface area contributed by atoms with Crippen molar-refractivity contribution in [1.82, 2.24) is 19.9 Å². The van der Waals surface area contributed by atoms with E-state index in [-0.39, 0.29) is 11.9 Å². The van der Waals surface area contributed by atoms with Gasteiger partial charge in [0.05, 0.1) is 6.20 Å². The molecule has 1 fully saturated rings. The van der Waals surface area contributed by atoms with Gasteiger partial charge in [-0.1, -0.05) is 44.9 Å². The summed E-state index contributed by atoms with van der Waals surface area (Å²) >= 11 is 0. The first-order valence-corrected chi connectivity index (χ1v) is 9.28. The van der Waals surface area contributed by atoms with Gasteiger partial charge in [0, 0.05) is 17.4 Å². The van der Waals surface area contributed by atoms with Crippen molar-refractivity contribution in [3.63, 3.8) is 0 Å². The Balaban J connectivity index is 1.73. The zero-order chi connectivity index (χ0) is 16.9. The van der Waals surface area contributed by atoms with Crippen LogP contribution in [0.2, 0.25) is 0 Å². The molecule has 1 amide bonds. The number of rotatable bonds is 2. The summed E-state index contributed by atoms with van der Waals surface area (Å²) < 4.78 is 1.75. The monoisotopic (exact) mass is 328 g/mol. The number of amides is 1. The van der Waals surface area contributed by atoms with E-state index in [1.807, 2.05) is 19.9 Å². The summed E-state index contributed by atoms with van der Waals surface area (Å²) in [6.45, 7) is 3.93. The van der Waals surface area contributed by atoms with Crippen LogP contribution in [-0.2, 0) is 0 Å². The summed E-state index contributed by atoms with van der Waals surface area (Å²) in [6.07, 6.45) is 12.8. The lowest BCUT2D eigenvalue weighted by atomic mass is 9.97. The predicted octanol–water partition coefficient (Wildman–Crippen LogP) is 3.97. The molecule has 0 aliphatic heterocycles. The molecule has 130 valence electrons. The van der Waals surface area contributed by atoms with Gasteiger partial charge in [0.2, 0.25) is 0 Å². The maximum absolute atomic E-state index is 12.8. The van der Waals surface area contributed by atoms with Crippen LogP contribution in [0, 0.1) is 13.8 Å². The molecule has 0 spiro atoms. The van der Waals surface area contributed by atoms with Gasteiger partial charge < -0.3 is 5.32 Å². The second-order valence-electron chi connectivity index (χ2n) is 7.06. The molecule has 0 aromatic carbocycles. The van der Waals surface area contributed by atoms with E-state index in [2.05, 4.69) is 15.4 Å². The second kappa shape index (κ2) is 7.77. The van der Waals surface area contributed by atoms with Gasteiger partial charge in [-0.25, -0.2) is 9.50 Å². The minimum absolute atomic E-state index is 0.0374. The molecule has 1 aliphatic rings. The van der Waals surface area contributed by atoms with E-state index in [4.69, 9.17) is 0 Å². The van der Waals surface area contributed by atoms with Gasteiger partial charge in [-0.3, -0.25) is 4.79 Å². The van der Waals surface area contributed by atoms with Crippen LogP contribution in [0.15, 0.2) is 12.3 Å². The molecule has 0 unspecified atom stereocenters. The molecule has 2 aromatic rings. The Morgan fingerprint density at radius 2 is 1.71 bits per heavy atom. The number of nitrogens with zero attached hydrogens (tertiary/aromatic N) is 3. The lowest BCUT2D eigenvalue weighted by Crippen LogP contribution is -2.35. The average Bonchev–Trinajstić information content (AvgIpc) is 2.97. The molecule has 2 heterocycles. The van der Waals surface area contributed by atoms with Crippen LogP contribution in [0.25, 0.3) is 5.65 Å². The highest BCUT2D eigenvalue weighted by atomic mass is 16.1. The number of fused-ring (bicyclic) bond motifs is 1. The topological polar surface area (TPSA) is 59.3 Å². The van der Waals surface area contributed by atoms with E-state index in [1.165, 1.54) is 44.9 Å². The van der Waals surface area contributed by atoms with Gasteiger partial charge >= 0.3 is 0 Å². The first kappa shape index (κ1) is 16.9. The minimum atomic E-state index is -0.0374. The highest BCUT2D eigenvalue weighted by molar-refractivity contribution is 5.99. The van der Waals surface area contributed by atoms with Gasteiger partial charge in [0.25, 0.3) is 5.91 Å². The van der Waals surface area contributed by atoms with Crippen molar-refractivity contribution in [1.29, 1.82) is 0 Å². The smallest absolute Gasteiger partial charge is 0.256 e. The second-order valence-corrected chi connectivity index (χ2v) is 7.06. The van der Waals surface area contributed by atoms with Crippen LogP contribution in [0.4, 0.5) is 0 Å². The normalized spacial score (nSPS) is 17.8. The standard InChI is InChI=1S/C19H28N4O/c1-14-12-15(2)23-18(21-14)17(13-20-23)19(24)22-16-10-8-6-4-3-5-7-9-11-16/h12-13,16H,3-11H2,1-2H3,(H,22,24). The molecule has 0 atom stereocenters. The molecule has 2 aromatic heterocycles. The van der Waals surface area contributed by atoms with E-state index in [0.717, 1.165) is 24.2 Å². The third kappa shape index (κ3) is 3.94. The lowest BCUT2D eigenvalue weighted by Gasteiger charge is -2.19. The van der Waals surface area contributed by atoms with E-state index in [9.17, 15) is 4.79 Å². The molecule has 5 nitrogen and oxygen atoms in total. The quantitative estimate of drug-likeness (QED) is 0.907. The molecule has 3 rings (SSSR count). The number of carbonyl (C=O) groups is 1. The van der Waals surface area contributed by atoms with Crippen LogP contribution < -0.4 is 5.32 Å². The van der Waals surface area contributed by atoms with Gasteiger partial charge in [-0.2, -0.15) is 5.10 Å². The molecule has 0 radical (unpaired) electrons. The van der Waals surface area contributed by atoms with Crippen molar-refractivity contribution < 1.29 is 4.79 Å². The molecule has 1 N–H and O–H groups in total. The van der Waals surface area contributed by atoms with E-state index >= 15 is 0 Å². The first-order valence-electron chi connectivity index (χ1n) is 9.28. The Morgan fingerprint density at radius 1 is 1.08 bits per heavy atom. The Hall–Kier alpha value is -1.91. The number of carbonyl (C=O) groups excluding carboxylic acids is 1. The summed E-state index contributed by atoms with van der Waals surface area (Å²) in [5.74, 6) is -0.0374. The minimum Gasteiger partial charge on any atom is -0.349 e. The number of hydrogen-bond donors (Lipinski definition) is 1. The highest BCUT2D eigenvalue weighted by Gasteiger charge is 2.19. The highest BCUT2D eigenvalue weighted by Crippen LogP contribution is 2.18. The van der Waals surface area contributed by atoms with Gasteiger partial charge in [0.15, 0.2) is 5.65 Å². The van der Waals surface area contributed by atoms with Crippen molar-refractivity contribution in [3.05, 3.63) is 29.2 Å². The Morgan fingerprint density at radius 3 is 2.38 bits per heavy atom. The number of aryl methyl sites for hydroxylation is 2. The summed E-state index contributed by atoms with van der Waals surface area (Å²) in [5, 5.41) is 7.56. The molecule has 24 heavy (non-hydrogen) atoms. The zero-order valence-corrected chi connectivity index (χ0v) is 14.8. The number of aromatic nitrogens is 3. The fraction of sp³-hybridized carbons (Fsp3) is 0.632. The van der Waals surface area contributed by atoms with Crippen LogP contribution in [0.5, 0.6) is 0 Å². The van der Waals surface area contributed by atoms with Crippen molar-refractivity contribution in [3.8, 4) is 0 Å². The van der Waals surface area contributed by atoms with Gasteiger partial charge in [-0.15, -0.1) is 0 Å². The first-order chi connectivity index (χ1) is 11.6. The number of hydrogen-bond acceptors (Lipinski definition) is 3. The largest absolute Gasteiger partial charge is 0.349 e. The van der Waals surface area contributed by atoms with Crippen LogP contribution in [0.1, 0.15) is 79.5 Å². The van der Waals surface area contributed by atoms with E-state index < -0.39 is 0 Å². The molecular weight excluding hydrogens is 300 g/mol.